The van der Waals surface area contributed by atoms with E-state index in [1.165, 1.54) is 49.0 Å². The Morgan fingerprint density at radius 3 is 1.30 bits per heavy atom. The third-order valence-corrected chi connectivity index (χ3v) is 11.6. The summed E-state index contributed by atoms with van der Waals surface area (Å²) >= 11 is 0. The van der Waals surface area contributed by atoms with Crippen LogP contribution < -0.4 is 0 Å². The molecule has 0 aliphatic heterocycles. The van der Waals surface area contributed by atoms with Crippen molar-refractivity contribution in [3.05, 3.63) is 224 Å². The van der Waals surface area contributed by atoms with Crippen molar-refractivity contribution >= 4 is 32.3 Å². The van der Waals surface area contributed by atoms with Gasteiger partial charge in [0.25, 0.3) is 0 Å². The van der Waals surface area contributed by atoms with Gasteiger partial charge in [-0.1, -0.05) is 218 Å². The molecule has 0 amide bonds. The fourth-order valence-electron chi connectivity index (χ4n) is 8.61. The molecule has 1 heterocycles. The molecule has 11 aromatic rings. The maximum Gasteiger partial charge on any atom is 0.164 e. The third-order valence-electron chi connectivity index (χ3n) is 11.6. The second-order valence-electron chi connectivity index (χ2n) is 15.1. The zero-order chi connectivity index (χ0) is 39.8. The molecule has 0 aliphatic carbocycles. The molecule has 1 aromatic heterocycles. The molecule has 0 fully saturated rings. The molecule has 11 rings (SSSR count). The largest absolute Gasteiger partial charge is 0.208 e. The highest BCUT2D eigenvalue weighted by molar-refractivity contribution is 6.20. The van der Waals surface area contributed by atoms with E-state index in [0.717, 1.165) is 44.5 Å². The van der Waals surface area contributed by atoms with Gasteiger partial charge in [0, 0.05) is 16.7 Å². The summed E-state index contributed by atoms with van der Waals surface area (Å²) in [7, 11) is 0. The van der Waals surface area contributed by atoms with Crippen LogP contribution in [0.3, 0.4) is 0 Å². The van der Waals surface area contributed by atoms with Gasteiger partial charge in [-0.25, -0.2) is 15.0 Å². The highest BCUT2D eigenvalue weighted by Gasteiger charge is 2.19. The molecule has 0 N–H and O–H groups in total. The van der Waals surface area contributed by atoms with Gasteiger partial charge < -0.3 is 0 Å². The summed E-state index contributed by atoms with van der Waals surface area (Å²) in [5, 5.41) is 7.43. The van der Waals surface area contributed by atoms with E-state index in [-0.39, 0.29) is 0 Å². The minimum Gasteiger partial charge on any atom is -0.208 e. The van der Waals surface area contributed by atoms with Crippen molar-refractivity contribution in [1.82, 2.24) is 15.0 Å². The fraction of sp³-hybridized carbons (Fsp3) is 0. The first-order chi connectivity index (χ1) is 29.7. The number of nitrogens with zero attached hydrogens (tertiary/aromatic N) is 3. The van der Waals surface area contributed by atoms with Gasteiger partial charge in [-0.15, -0.1) is 0 Å². The summed E-state index contributed by atoms with van der Waals surface area (Å²) in [4.78, 5) is 15.8. The number of benzene rings is 10. The number of rotatable bonds is 7. The molecule has 0 spiro atoms. The molecule has 280 valence electrons. The minimum atomic E-state index is 0.618. The summed E-state index contributed by atoms with van der Waals surface area (Å²) < 4.78 is 0. The van der Waals surface area contributed by atoms with Crippen molar-refractivity contribution in [2.24, 2.45) is 0 Å². The summed E-state index contributed by atoms with van der Waals surface area (Å²) in [6, 6.07) is 79.4. The third kappa shape index (κ3) is 6.39. The minimum absolute atomic E-state index is 0.618. The van der Waals surface area contributed by atoms with Gasteiger partial charge in [-0.3, -0.25) is 0 Å². The predicted molar refractivity (Wildman–Crippen MR) is 250 cm³/mol. The molecule has 0 saturated carbocycles. The van der Waals surface area contributed by atoms with Crippen LogP contribution in [-0.4, -0.2) is 15.0 Å². The first kappa shape index (κ1) is 35.2. The molecule has 10 aromatic carbocycles. The van der Waals surface area contributed by atoms with Crippen molar-refractivity contribution in [3.63, 3.8) is 0 Å². The highest BCUT2D eigenvalue weighted by Crippen LogP contribution is 2.41. The van der Waals surface area contributed by atoms with Crippen molar-refractivity contribution in [2.75, 3.05) is 0 Å². The number of fused-ring (bicyclic) bond motifs is 4. The van der Waals surface area contributed by atoms with E-state index in [0.29, 0.717) is 17.5 Å². The van der Waals surface area contributed by atoms with Gasteiger partial charge in [0.1, 0.15) is 0 Å². The molecule has 3 nitrogen and oxygen atoms in total. The fourth-order valence-corrected chi connectivity index (χ4v) is 8.61. The second-order valence-corrected chi connectivity index (χ2v) is 15.1. The SMILES string of the molecule is c1ccc(-c2ccc(-c3ccccc3-c3nc(-c4ccc(-c5c6ccccc6cc6c5ccc5ccccc56)cc4)nc(-c4ccccc4-c4ccccc4)n3)cc2)cc1. The number of hydrogen-bond donors (Lipinski definition) is 0. The predicted octanol–water partition coefficient (Wildman–Crippen LogP) is 15.0. The smallest absolute Gasteiger partial charge is 0.164 e. The molecular weight excluding hydrogens is 727 g/mol. The molecular formula is C57H37N3. The van der Waals surface area contributed by atoms with Crippen LogP contribution in [-0.2, 0) is 0 Å². The molecule has 0 bridgehead atoms. The number of hydrogen-bond acceptors (Lipinski definition) is 3. The van der Waals surface area contributed by atoms with Crippen molar-refractivity contribution in [3.8, 4) is 78.7 Å². The maximum atomic E-state index is 5.27. The van der Waals surface area contributed by atoms with Crippen LogP contribution >= 0.6 is 0 Å². The van der Waals surface area contributed by atoms with Gasteiger partial charge in [-0.2, -0.15) is 0 Å². The highest BCUT2D eigenvalue weighted by atomic mass is 15.0. The molecule has 3 heteroatoms. The van der Waals surface area contributed by atoms with Crippen molar-refractivity contribution in [2.45, 2.75) is 0 Å². The Morgan fingerprint density at radius 2 is 0.650 bits per heavy atom. The monoisotopic (exact) mass is 763 g/mol. The van der Waals surface area contributed by atoms with E-state index in [1.54, 1.807) is 0 Å². The Labute approximate surface area is 349 Å². The molecule has 60 heavy (non-hydrogen) atoms. The average Bonchev–Trinajstić information content (AvgIpc) is 3.34. The lowest BCUT2D eigenvalue weighted by molar-refractivity contribution is 1.07. The molecule has 0 saturated heterocycles. The van der Waals surface area contributed by atoms with Crippen molar-refractivity contribution in [1.29, 1.82) is 0 Å². The topological polar surface area (TPSA) is 38.7 Å². The first-order valence-corrected chi connectivity index (χ1v) is 20.4. The molecule has 0 atom stereocenters. The van der Waals surface area contributed by atoms with Gasteiger partial charge in [0.15, 0.2) is 17.5 Å². The van der Waals surface area contributed by atoms with Crippen LogP contribution in [0.15, 0.2) is 224 Å². The Morgan fingerprint density at radius 1 is 0.217 bits per heavy atom. The summed E-state index contributed by atoms with van der Waals surface area (Å²) in [6.45, 7) is 0. The zero-order valence-corrected chi connectivity index (χ0v) is 32.7. The lowest BCUT2D eigenvalue weighted by Crippen LogP contribution is -2.02. The Hall–Kier alpha value is -8.01. The van der Waals surface area contributed by atoms with E-state index in [4.69, 9.17) is 15.0 Å². The Bertz CT molecular complexity index is 3340. The molecule has 0 radical (unpaired) electrons. The van der Waals surface area contributed by atoms with Crippen LogP contribution in [0.25, 0.3) is 111 Å². The first-order valence-electron chi connectivity index (χ1n) is 20.4. The van der Waals surface area contributed by atoms with E-state index in [1.807, 2.05) is 12.1 Å². The lowest BCUT2D eigenvalue weighted by Gasteiger charge is -2.15. The normalized spacial score (nSPS) is 11.3. The van der Waals surface area contributed by atoms with E-state index < -0.39 is 0 Å². The quantitative estimate of drug-likeness (QED) is 0.120. The standard InChI is InChI=1S/C57H37N3/c1-3-15-38(16-4-1)39-27-29-42(30-28-39)47-22-12-14-26-52(47)57-59-55(58-56(60-57)51-25-13-11-21-46(51)40-17-5-2-6-18-40)44-33-31-43(32-34-44)54-49-24-10-8-20-45(49)37-53-48-23-9-7-19-41(48)35-36-50(53)54/h1-37H. The maximum absolute atomic E-state index is 5.27. The van der Waals surface area contributed by atoms with E-state index in [9.17, 15) is 0 Å². The number of aromatic nitrogens is 3. The Balaban J connectivity index is 1.07. The van der Waals surface area contributed by atoms with Crippen LogP contribution in [0.5, 0.6) is 0 Å². The molecule has 0 unspecified atom stereocenters. The Kier molecular flexibility index (Phi) is 8.83. The van der Waals surface area contributed by atoms with Crippen LogP contribution in [0.1, 0.15) is 0 Å². The van der Waals surface area contributed by atoms with Gasteiger partial charge >= 0.3 is 0 Å². The second kappa shape index (κ2) is 15.1. The van der Waals surface area contributed by atoms with Gasteiger partial charge in [-0.05, 0) is 82.9 Å². The average molecular weight is 764 g/mol. The zero-order valence-electron chi connectivity index (χ0n) is 32.7. The molecule has 0 aliphatic rings. The van der Waals surface area contributed by atoms with Gasteiger partial charge in [0.2, 0.25) is 0 Å². The van der Waals surface area contributed by atoms with E-state index in [2.05, 4.69) is 212 Å². The lowest BCUT2D eigenvalue weighted by atomic mass is 9.89. The summed E-state index contributed by atoms with van der Waals surface area (Å²) in [5.74, 6) is 1.86. The van der Waals surface area contributed by atoms with Crippen molar-refractivity contribution < 1.29 is 0 Å². The van der Waals surface area contributed by atoms with E-state index >= 15 is 0 Å². The van der Waals surface area contributed by atoms with Crippen LogP contribution in [0, 0.1) is 0 Å². The van der Waals surface area contributed by atoms with Crippen LogP contribution in [0.2, 0.25) is 0 Å². The van der Waals surface area contributed by atoms with Gasteiger partial charge in [0.05, 0.1) is 0 Å². The summed E-state index contributed by atoms with van der Waals surface area (Å²) in [5.41, 5.74) is 11.9. The van der Waals surface area contributed by atoms with Crippen LogP contribution in [0.4, 0.5) is 0 Å². The summed E-state index contributed by atoms with van der Waals surface area (Å²) in [6.07, 6.45) is 0.